The number of hydrogen-bond acceptors (Lipinski definition) is 3. The highest BCUT2D eigenvalue weighted by Gasteiger charge is 2.38. The van der Waals surface area contributed by atoms with E-state index in [-0.39, 0.29) is 25.0 Å². The molecule has 0 N–H and O–H groups in total. The van der Waals surface area contributed by atoms with E-state index in [1.807, 2.05) is 13.8 Å². The quantitative estimate of drug-likeness (QED) is 0.560. The van der Waals surface area contributed by atoms with Crippen LogP contribution in [0.15, 0.2) is 23.5 Å². The molecular weight excluding hydrogens is 228 g/mol. The second-order valence-electron chi connectivity index (χ2n) is 4.12. The standard InChI is InChI=1S/C15H16O3/c1-6-8-17-14-12(5)10(3)11(4)13(14)15(16)18-9-7-2/h1-2,10-11H,5,8-9H2,3-4H3. The number of terminal acetylenes is 2. The molecule has 0 aromatic rings. The predicted octanol–water partition coefficient (Wildman–Crippen LogP) is 1.91. The van der Waals surface area contributed by atoms with Crippen molar-refractivity contribution in [1.82, 2.24) is 0 Å². The van der Waals surface area contributed by atoms with Crippen molar-refractivity contribution in [3.63, 3.8) is 0 Å². The van der Waals surface area contributed by atoms with Gasteiger partial charge < -0.3 is 9.47 Å². The second kappa shape index (κ2) is 5.98. The zero-order chi connectivity index (χ0) is 13.7. The first kappa shape index (κ1) is 13.9. The molecule has 0 bridgehead atoms. The van der Waals surface area contributed by atoms with Gasteiger partial charge in [-0.1, -0.05) is 32.3 Å². The Balaban J connectivity index is 3.02. The lowest BCUT2D eigenvalue weighted by Gasteiger charge is -2.12. The summed E-state index contributed by atoms with van der Waals surface area (Å²) in [5, 5.41) is 0. The summed E-state index contributed by atoms with van der Waals surface area (Å²) in [7, 11) is 0. The van der Waals surface area contributed by atoms with Crippen LogP contribution in [-0.4, -0.2) is 19.2 Å². The summed E-state index contributed by atoms with van der Waals surface area (Å²) in [4.78, 5) is 11.9. The molecule has 3 heteroatoms. The Labute approximate surface area is 108 Å². The third-order valence-electron chi connectivity index (χ3n) is 3.10. The molecule has 1 aliphatic carbocycles. The van der Waals surface area contributed by atoms with Gasteiger partial charge in [0.15, 0.2) is 6.61 Å². The molecular formula is C15H16O3. The number of esters is 1. The van der Waals surface area contributed by atoms with Crippen molar-refractivity contribution in [2.45, 2.75) is 13.8 Å². The summed E-state index contributed by atoms with van der Waals surface area (Å²) in [6, 6.07) is 0. The Morgan fingerprint density at radius 2 is 1.89 bits per heavy atom. The van der Waals surface area contributed by atoms with Crippen LogP contribution in [0, 0.1) is 36.5 Å². The van der Waals surface area contributed by atoms with Crippen LogP contribution >= 0.6 is 0 Å². The molecule has 18 heavy (non-hydrogen) atoms. The maximum absolute atomic E-state index is 11.9. The normalized spacial score (nSPS) is 22.3. The molecule has 0 saturated heterocycles. The molecule has 94 valence electrons. The average Bonchev–Trinajstić information content (AvgIpc) is 2.58. The van der Waals surface area contributed by atoms with Crippen molar-refractivity contribution in [1.29, 1.82) is 0 Å². The van der Waals surface area contributed by atoms with Gasteiger partial charge in [-0.05, 0) is 17.4 Å². The molecule has 0 saturated carbocycles. The smallest absolute Gasteiger partial charge is 0.339 e. The van der Waals surface area contributed by atoms with Gasteiger partial charge in [0.05, 0.1) is 5.57 Å². The molecule has 3 nitrogen and oxygen atoms in total. The van der Waals surface area contributed by atoms with Crippen molar-refractivity contribution in [2.24, 2.45) is 11.8 Å². The van der Waals surface area contributed by atoms with Crippen molar-refractivity contribution in [3.8, 4) is 24.7 Å². The fourth-order valence-electron chi connectivity index (χ4n) is 1.89. The summed E-state index contributed by atoms with van der Waals surface area (Å²) in [5.41, 5.74) is 1.24. The molecule has 0 amide bonds. The van der Waals surface area contributed by atoms with E-state index < -0.39 is 5.97 Å². The molecule has 0 aromatic carbocycles. The Hall–Kier alpha value is -2.13. The summed E-state index contributed by atoms with van der Waals surface area (Å²) in [5.74, 6) is 4.71. The van der Waals surface area contributed by atoms with E-state index in [4.69, 9.17) is 22.3 Å². The Morgan fingerprint density at radius 1 is 1.28 bits per heavy atom. The van der Waals surface area contributed by atoms with Crippen molar-refractivity contribution in [3.05, 3.63) is 23.5 Å². The molecule has 0 aromatic heterocycles. The van der Waals surface area contributed by atoms with Crippen molar-refractivity contribution >= 4 is 5.97 Å². The van der Waals surface area contributed by atoms with Gasteiger partial charge in [0.25, 0.3) is 0 Å². The Morgan fingerprint density at radius 3 is 2.44 bits per heavy atom. The highest BCUT2D eigenvalue weighted by Crippen LogP contribution is 2.41. The van der Waals surface area contributed by atoms with E-state index in [0.717, 1.165) is 5.57 Å². The SMILES string of the molecule is C#CCOC(=O)C1=C(OCC#C)C(=C)C(C)C1C. The summed E-state index contributed by atoms with van der Waals surface area (Å²) in [6.07, 6.45) is 10.2. The Kier molecular flexibility index (Phi) is 4.63. The van der Waals surface area contributed by atoms with Crippen LogP contribution in [0.2, 0.25) is 0 Å². The van der Waals surface area contributed by atoms with Crippen LogP contribution in [0.1, 0.15) is 13.8 Å². The molecule has 1 aliphatic rings. The van der Waals surface area contributed by atoms with Gasteiger partial charge in [-0.25, -0.2) is 4.79 Å². The van der Waals surface area contributed by atoms with Gasteiger partial charge >= 0.3 is 5.97 Å². The number of rotatable bonds is 4. The zero-order valence-electron chi connectivity index (χ0n) is 10.7. The van der Waals surface area contributed by atoms with Gasteiger partial charge in [0, 0.05) is 0 Å². The minimum Gasteiger partial charge on any atom is -0.480 e. The maximum Gasteiger partial charge on any atom is 0.339 e. The monoisotopic (exact) mass is 244 g/mol. The number of ether oxygens (including phenoxy) is 2. The fourth-order valence-corrected chi connectivity index (χ4v) is 1.89. The maximum atomic E-state index is 11.9. The van der Waals surface area contributed by atoms with E-state index in [2.05, 4.69) is 18.4 Å². The first-order valence-electron chi connectivity index (χ1n) is 5.64. The van der Waals surface area contributed by atoms with Crippen molar-refractivity contribution < 1.29 is 14.3 Å². The lowest BCUT2D eigenvalue weighted by atomic mass is 9.93. The minimum atomic E-state index is -0.460. The first-order valence-corrected chi connectivity index (χ1v) is 5.64. The predicted molar refractivity (Wildman–Crippen MR) is 69.1 cm³/mol. The van der Waals surface area contributed by atoms with Crippen LogP contribution in [0.5, 0.6) is 0 Å². The zero-order valence-corrected chi connectivity index (χ0v) is 10.7. The first-order chi connectivity index (χ1) is 8.54. The summed E-state index contributed by atoms with van der Waals surface area (Å²) in [6.45, 7) is 7.88. The Bertz CT molecular complexity index is 471. The van der Waals surface area contributed by atoms with Crippen LogP contribution < -0.4 is 0 Å². The van der Waals surface area contributed by atoms with E-state index >= 15 is 0 Å². The van der Waals surface area contributed by atoms with Gasteiger partial charge in [0.1, 0.15) is 12.4 Å². The molecule has 0 aliphatic heterocycles. The molecule has 0 radical (unpaired) electrons. The highest BCUT2D eigenvalue weighted by molar-refractivity contribution is 5.91. The third kappa shape index (κ3) is 2.57. The van der Waals surface area contributed by atoms with Crippen molar-refractivity contribution in [2.75, 3.05) is 13.2 Å². The summed E-state index contributed by atoms with van der Waals surface area (Å²) < 4.78 is 10.4. The number of carbonyl (C=O) groups is 1. The number of allylic oxidation sites excluding steroid dienone is 1. The molecule has 1 rings (SSSR count). The van der Waals surface area contributed by atoms with E-state index in [1.54, 1.807) is 0 Å². The van der Waals surface area contributed by atoms with E-state index in [0.29, 0.717) is 11.3 Å². The lowest BCUT2D eigenvalue weighted by Crippen LogP contribution is -2.15. The van der Waals surface area contributed by atoms with Crippen LogP contribution in [-0.2, 0) is 14.3 Å². The second-order valence-corrected chi connectivity index (χ2v) is 4.12. The third-order valence-corrected chi connectivity index (χ3v) is 3.10. The van der Waals surface area contributed by atoms with Crippen LogP contribution in [0.25, 0.3) is 0 Å². The topological polar surface area (TPSA) is 35.5 Å². The molecule has 0 spiro atoms. The highest BCUT2D eigenvalue weighted by atomic mass is 16.5. The number of carbonyl (C=O) groups excluding carboxylic acids is 1. The van der Waals surface area contributed by atoms with Gasteiger partial charge in [-0.3, -0.25) is 0 Å². The molecule has 2 atom stereocenters. The molecule has 2 unspecified atom stereocenters. The lowest BCUT2D eigenvalue weighted by molar-refractivity contribution is -0.138. The molecule has 0 fully saturated rings. The van der Waals surface area contributed by atoms with E-state index in [9.17, 15) is 4.79 Å². The van der Waals surface area contributed by atoms with Gasteiger partial charge in [-0.2, -0.15) is 0 Å². The minimum absolute atomic E-state index is 0.0180. The molecule has 0 heterocycles. The average molecular weight is 244 g/mol. The van der Waals surface area contributed by atoms with E-state index in [1.165, 1.54) is 0 Å². The summed E-state index contributed by atoms with van der Waals surface area (Å²) >= 11 is 0. The van der Waals surface area contributed by atoms with Gasteiger partial charge in [0.2, 0.25) is 0 Å². The van der Waals surface area contributed by atoms with Crippen LogP contribution in [0.4, 0.5) is 0 Å². The number of hydrogen-bond donors (Lipinski definition) is 0. The van der Waals surface area contributed by atoms with Crippen LogP contribution in [0.3, 0.4) is 0 Å². The van der Waals surface area contributed by atoms with Gasteiger partial charge in [-0.15, -0.1) is 12.8 Å². The fraction of sp³-hybridized carbons (Fsp3) is 0.400. The largest absolute Gasteiger partial charge is 0.480 e.